The molecular formula is C14H23N3O. The summed E-state index contributed by atoms with van der Waals surface area (Å²) in [4.78, 5) is 20.1. The molecule has 18 heavy (non-hydrogen) atoms. The number of hydrogen-bond donors (Lipinski definition) is 1. The fraction of sp³-hybridized carbons (Fsp3) is 0.643. The van der Waals surface area contributed by atoms with Crippen molar-refractivity contribution in [1.82, 2.24) is 15.3 Å². The van der Waals surface area contributed by atoms with E-state index in [9.17, 15) is 4.79 Å². The van der Waals surface area contributed by atoms with Gasteiger partial charge in [-0.1, -0.05) is 41.5 Å². The molecule has 1 heterocycles. The van der Waals surface area contributed by atoms with Gasteiger partial charge in [-0.15, -0.1) is 0 Å². The van der Waals surface area contributed by atoms with Gasteiger partial charge in [-0.05, 0) is 10.8 Å². The second-order valence-electron chi connectivity index (χ2n) is 6.73. The largest absolute Gasteiger partial charge is 0.347 e. The molecule has 1 aromatic heterocycles. The number of aromatic nitrogens is 2. The molecule has 0 atom stereocenters. The molecule has 0 bridgehead atoms. The van der Waals surface area contributed by atoms with E-state index in [4.69, 9.17) is 0 Å². The van der Waals surface area contributed by atoms with Crippen LogP contribution in [0.2, 0.25) is 0 Å². The topological polar surface area (TPSA) is 54.9 Å². The Morgan fingerprint density at radius 1 is 1.11 bits per heavy atom. The molecule has 0 saturated carbocycles. The third kappa shape index (κ3) is 3.79. The molecule has 1 N–H and O–H groups in total. The summed E-state index contributed by atoms with van der Waals surface area (Å²) in [6.45, 7) is 12.7. The van der Waals surface area contributed by atoms with Gasteiger partial charge >= 0.3 is 0 Å². The first-order valence-electron chi connectivity index (χ1n) is 6.19. The zero-order valence-corrected chi connectivity index (χ0v) is 12.1. The maximum Gasteiger partial charge on any atom is 0.271 e. The fourth-order valence-electron chi connectivity index (χ4n) is 2.35. The summed E-state index contributed by atoms with van der Waals surface area (Å²) < 4.78 is 0. The van der Waals surface area contributed by atoms with E-state index >= 15 is 0 Å². The number of rotatable bonds is 2. The lowest BCUT2D eigenvalue weighted by Gasteiger charge is -2.41. The Labute approximate surface area is 109 Å². The van der Waals surface area contributed by atoms with Gasteiger partial charge < -0.3 is 5.32 Å². The molecule has 0 radical (unpaired) electrons. The standard InChI is InChI=1S/C14H23N3O/c1-13(2,3)12(14(4,5)6)17-11(18)10-9-15-7-8-16-10/h7-9,12H,1-6H3,(H,17,18). The average molecular weight is 249 g/mol. The van der Waals surface area contributed by atoms with Crippen LogP contribution >= 0.6 is 0 Å². The summed E-state index contributed by atoms with van der Waals surface area (Å²) in [5.41, 5.74) is 0.322. The van der Waals surface area contributed by atoms with Gasteiger partial charge in [-0.3, -0.25) is 9.78 Å². The van der Waals surface area contributed by atoms with Crippen molar-refractivity contribution >= 4 is 5.91 Å². The van der Waals surface area contributed by atoms with Crippen molar-refractivity contribution in [2.24, 2.45) is 10.8 Å². The molecule has 0 fully saturated rings. The minimum absolute atomic E-state index is 0.0177. The maximum atomic E-state index is 12.1. The van der Waals surface area contributed by atoms with E-state index in [1.165, 1.54) is 12.4 Å². The molecule has 0 aliphatic carbocycles. The van der Waals surface area contributed by atoms with Gasteiger partial charge in [0.1, 0.15) is 5.69 Å². The van der Waals surface area contributed by atoms with Crippen molar-refractivity contribution in [1.29, 1.82) is 0 Å². The number of nitrogens with one attached hydrogen (secondary N) is 1. The predicted octanol–water partition coefficient (Wildman–Crippen LogP) is 2.67. The van der Waals surface area contributed by atoms with Crippen molar-refractivity contribution in [2.45, 2.75) is 47.6 Å². The smallest absolute Gasteiger partial charge is 0.271 e. The molecule has 0 aliphatic heterocycles. The molecule has 0 unspecified atom stereocenters. The third-order valence-corrected chi connectivity index (χ3v) is 2.80. The van der Waals surface area contributed by atoms with Gasteiger partial charge in [-0.25, -0.2) is 4.98 Å². The lowest BCUT2D eigenvalue weighted by atomic mass is 9.72. The number of nitrogens with zero attached hydrogens (tertiary/aromatic N) is 2. The Balaban J connectivity index is 2.90. The van der Waals surface area contributed by atoms with E-state index < -0.39 is 0 Å². The molecule has 0 spiro atoms. The first-order chi connectivity index (χ1) is 8.12. The van der Waals surface area contributed by atoms with Crippen molar-refractivity contribution in [3.63, 3.8) is 0 Å². The summed E-state index contributed by atoms with van der Waals surface area (Å²) in [6, 6.07) is 0.0551. The van der Waals surface area contributed by atoms with Crippen LogP contribution in [-0.4, -0.2) is 21.9 Å². The molecule has 1 rings (SSSR count). The average Bonchev–Trinajstić information content (AvgIpc) is 2.23. The second kappa shape index (κ2) is 5.04. The highest BCUT2D eigenvalue weighted by Gasteiger charge is 2.36. The highest BCUT2D eigenvalue weighted by atomic mass is 16.2. The van der Waals surface area contributed by atoms with Gasteiger partial charge in [0.05, 0.1) is 6.20 Å². The molecule has 1 amide bonds. The maximum absolute atomic E-state index is 12.1. The quantitative estimate of drug-likeness (QED) is 0.876. The first kappa shape index (κ1) is 14.6. The van der Waals surface area contributed by atoms with Crippen LogP contribution < -0.4 is 5.32 Å². The summed E-state index contributed by atoms with van der Waals surface area (Å²) in [7, 11) is 0. The minimum atomic E-state index is -0.169. The van der Waals surface area contributed by atoms with Crippen LogP contribution in [0, 0.1) is 10.8 Å². The minimum Gasteiger partial charge on any atom is -0.347 e. The first-order valence-corrected chi connectivity index (χ1v) is 6.19. The van der Waals surface area contributed by atoms with Crippen molar-refractivity contribution in [3.8, 4) is 0 Å². The van der Waals surface area contributed by atoms with Gasteiger partial charge in [0.15, 0.2) is 0 Å². The lowest BCUT2D eigenvalue weighted by molar-refractivity contribution is 0.0790. The summed E-state index contributed by atoms with van der Waals surface area (Å²) in [6.07, 6.45) is 4.57. The van der Waals surface area contributed by atoms with Crippen molar-refractivity contribution in [3.05, 3.63) is 24.3 Å². The highest BCUT2D eigenvalue weighted by molar-refractivity contribution is 5.92. The van der Waals surface area contributed by atoms with Crippen molar-refractivity contribution in [2.75, 3.05) is 0 Å². The Bertz CT molecular complexity index is 387. The lowest BCUT2D eigenvalue weighted by Crippen LogP contribution is -2.51. The normalized spacial score (nSPS) is 12.6. The van der Waals surface area contributed by atoms with Crippen LogP contribution in [0.4, 0.5) is 0 Å². The van der Waals surface area contributed by atoms with E-state index in [0.717, 1.165) is 0 Å². The van der Waals surface area contributed by atoms with E-state index in [1.807, 2.05) is 0 Å². The zero-order valence-electron chi connectivity index (χ0n) is 12.1. The van der Waals surface area contributed by atoms with Crippen LogP contribution in [-0.2, 0) is 0 Å². The molecule has 0 aliphatic rings. The molecule has 4 heteroatoms. The predicted molar refractivity (Wildman–Crippen MR) is 72.2 cm³/mol. The molecule has 4 nitrogen and oxygen atoms in total. The number of carbonyl (C=O) groups is 1. The van der Waals surface area contributed by atoms with E-state index in [1.54, 1.807) is 6.20 Å². The molecule has 0 aromatic carbocycles. The van der Waals surface area contributed by atoms with Crippen LogP contribution in [0.5, 0.6) is 0 Å². The molecule has 0 saturated heterocycles. The number of carbonyl (C=O) groups excluding carboxylic acids is 1. The Morgan fingerprint density at radius 3 is 2.06 bits per heavy atom. The van der Waals surface area contributed by atoms with Gasteiger partial charge in [0, 0.05) is 18.4 Å². The fourth-order valence-corrected chi connectivity index (χ4v) is 2.35. The van der Waals surface area contributed by atoms with Gasteiger partial charge in [0.25, 0.3) is 5.91 Å². The second-order valence-corrected chi connectivity index (χ2v) is 6.73. The monoisotopic (exact) mass is 249 g/mol. The van der Waals surface area contributed by atoms with Crippen molar-refractivity contribution < 1.29 is 4.79 Å². The van der Waals surface area contributed by atoms with Crippen LogP contribution in [0.3, 0.4) is 0 Å². The summed E-state index contributed by atoms with van der Waals surface area (Å²) in [5.74, 6) is -0.169. The Kier molecular flexibility index (Phi) is 4.09. The SMILES string of the molecule is CC(C)(C)C(NC(=O)c1cnccn1)C(C)(C)C. The third-order valence-electron chi connectivity index (χ3n) is 2.80. The number of hydrogen-bond acceptors (Lipinski definition) is 3. The van der Waals surface area contributed by atoms with Crippen LogP contribution in [0.1, 0.15) is 52.0 Å². The summed E-state index contributed by atoms with van der Waals surface area (Å²) >= 11 is 0. The molecule has 100 valence electrons. The zero-order chi connectivity index (χ0) is 14.0. The van der Waals surface area contributed by atoms with Gasteiger partial charge in [-0.2, -0.15) is 0 Å². The highest BCUT2D eigenvalue weighted by Crippen LogP contribution is 2.33. The van der Waals surface area contributed by atoms with Gasteiger partial charge in [0.2, 0.25) is 0 Å². The Morgan fingerprint density at radius 2 is 1.67 bits per heavy atom. The summed E-state index contributed by atoms with van der Waals surface area (Å²) in [5, 5.41) is 3.07. The van der Waals surface area contributed by atoms with E-state index in [-0.39, 0.29) is 22.8 Å². The van der Waals surface area contributed by atoms with E-state index in [0.29, 0.717) is 5.69 Å². The molecular weight excluding hydrogens is 226 g/mol. The van der Waals surface area contributed by atoms with Crippen LogP contribution in [0.25, 0.3) is 0 Å². The van der Waals surface area contributed by atoms with Crippen LogP contribution in [0.15, 0.2) is 18.6 Å². The number of amides is 1. The van der Waals surface area contributed by atoms with E-state index in [2.05, 4.69) is 56.8 Å². The molecule has 1 aromatic rings. The Hall–Kier alpha value is -1.45.